The van der Waals surface area contributed by atoms with Crippen LogP contribution in [0.3, 0.4) is 0 Å². The third kappa shape index (κ3) is 5.23. The Bertz CT molecular complexity index is 294. The Balaban J connectivity index is 0.00000200. The minimum atomic E-state index is -0.361. The van der Waals surface area contributed by atoms with E-state index in [9.17, 15) is 9.90 Å². The van der Waals surface area contributed by atoms with Crippen LogP contribution in [0.15, 0.2) is 0 Å². The van der Waals surface area contributed by atoms with Crippen LogP contribution in [0.2, 0.25) is 0 Å². The van der Waals surface area contributed by atoms with Crippen LogP contribution >= 0.6 is 12.4 Å². The highest BCUT2D eigenvalue weighted by Crippen LogP contribution is 2.28. The van der Waals surface area contributed by atoms with Crippen LogP contribution < -0.4 is 10.6 Å². The van der Waals surface area contributed by atoms with Crippen molar-refractivity contribution in [3.8, 4) is 0 Å². The number of carbonyl (C=O) groups excluding carboxylic acids is 1. The second kappa shape index (κ2) is 8.85. The molecule has 1 amide bonds. The lowest BCUT2D eigenvalue weighted by Gasteiger charge is -2.29. The van der Waals surface area contributed by atoms with E-state index in [-0.39, 0.29) is 30.5 Å². The topological polar surface area (TPSA) is 61.4 Å². The summed E-state index contributed by atoms with van der Waals surface area (Å²) in [6.07, 6.45) is 8.92. The number of amides is 1. The number of hydrogen-bond acceptors (Lipinski definition) is 3. The van der Waals surface area contributed by atoms with Crippen LogP contribution in [-0.4, -0.2) is 35.7 Å². The highest BCUT2D eigenvalue weighted by atomic mass is 35.5. The summed E-state index contributed by atoms with van der Waals surface area (Å²) in [5.41, 5.74) is 0. The Hall–Kier alpha value is -0.320. The van der Waals surface area contributed by atoms with Gasteiger partial charge in [0.05, 0.1) is 12.1 Å². The normalized spacial score (nSPS) is 33.5. The van der Waals surface area contributed by atoms with E-state index in [1.165, 1.54) is 32.1 Å². The van der Waals surface area contributed by atoms with Crippen molar-refractivity contribution in [3.63, 3.8) is 0 Å². The molecular weight excluding hydrogens is 276 g/mol. The summed E-state index contributed by atoms with van der Waals surface area (Å²) in [4.78, 5) is 12.0. The standard InChI is InChI=1S/C15H28N2O2.ClH/c1-2-3-4-11-5-7-12(8-6-11)17-15(19)14-9-13(18)10-16-14;/h11-14,16,18H,2-10H2,1H3,(H,17,19);1H. The van der Waals surface area contributed by atoms with E-state index in [0.717, 1.165) is 18.8 Å². The molecule has 2 fully saturated rings. The van der Waals surface area contributed by atoms with Crippen molar-refractivity contribution < 1.29 is 9.90 Å². The minimum Gasteiger partial charge on any atom is -0.392 e. The molecule has 0 spiro atoms. The SMILES string of the molecule is CCCCC1CCC(NC(=O)C2CC(O)CN2)CC1.Cl. The highest BCUT2D eigenvalue weighted by molar-refractivity contribution is 5.85. The van der Waals surface area contributed by atoms with Crippen LogP contribution in [-0.2, 0) is 4.79 Å². The van der Waals surface area contributed by atoms with Gasteiger partial charge in [-0.15, -0.1) is 12.4 Å². The zero-order chi connectivity index (χ0) is 13.7. The van der Waals surface area contributed by atoms with E-state index in [1.807, 2.05) is 0 Å². The molecule has 1 aliphatic heterocycles. The third-order valence-electron chi connectivity index (χ3n) is 4.58. The van der Waals surface area contributed by atoms with Gasteiger partial charge in [0.25, 0.3) is 0 Å². The fraction of sp³-hybridized carbons (Fsp3) is 0.933. The molecule has 0 aromatic carbocycles. The first-order chi connectivity index (χ1) is 9.19. The molecule has 4 nitrogen and oxygen atoms in total. The highest BCUT2D eigenvalue weighted by Gasteiger charge is 2.30. The summed E-state index contributed by atoms with van der Waals surface area (Å²) >= 11 is 0. The van der Waals surface area contributed by atoms with Crippen molar-refractivity contribution in [2.24, 2.45) is 5.92 Å². The van der Waals surface area contributed by atoms with Gasteiger partial charge in [-0.2, -0.15) is 0 Å². The minimum absolute atomic E-state index is 0. The molecule has 1 aliphatic carbocycles. The summed E-state index contributed by atoms with van der Waals surface area (Å²) in [7, 11) is 0. The van der Waals surface area contributed by atoms with E-state index in [2.05, 4.69) is 17.6 Å². The summed E-state index contributed by atoms with van der Waals surface area (Å²) in [6, 6.07) is 0.165. The van der Waals surface area contributed by atoms with Gasteiger partial charge in [-0.25, -0.2) is 0 Å². The predicted molar refractivity (Wildman–Crippen MR) is 83.1 cm³/mol. The molecule has 0 bridgehead atoms. The van der Waals surface area contributed by atoms with Crippen LogP contribution in [0.4, 0.5) is 0 Å². The Labute approximate surface area is 128 Å². The van der Waals surface area contributed by atoms with E-state index in [0.29, 0.717) is 19.0 Å². The van der Waals surface area contributed by atoms with E-state index < -0.39 is 0 Å². The summed E-state index contributed by atoms with van der Waals surface area (Å²) in [5, 5.41) is 15.6. The molecule has 20 heavy (non-hydrogen) atoms. The number of halogens is 1. The molecule has 0 aromatic heterocycles. The zero-order valence-corrected chi connectivity index (χ0v) is 13.3. The van der Waals surface area contributed by atoms with Gasteiger partial charge in [-0.05, 0) is 38.0 Å². The Kier molecular flexibility index (Phi) is 7.85. The monoisotopic (exact) mass is 304 g/mol. The summed E-state index contributed by atoms with van der Waals surface area (Å²) in [5.74, 6) is 0.952. The average molecular weight is 305 g/mol. The number of unbranched alkanes of at least 4 members (excludes halogenated alkanes) is 1. The first-order valence-electron chi connectivity index (χ1n) is 7.90. The van der Waals surface area contributed by atoms with Gasteiger partial charge >= 0.3 is 0 Å². The zero-order valence-electron chi connectivity index (χ0n) is 12.4. The van der Waals surface area contributed by atoms with Gasteiger partial charge < -0.3 is 15.7 Å². The van der Waals surface area contributed by atoms with Crippen molar-refractivity contribution in [2.75, 3.05) is 6.54 Å². The molecule has 3 N–H and O–H groups in total. The largest absolute Gasteiger partial charge is 0.392 e. The van der Waals surface area contributed by atoms with Crippen LogP contribution in [0, 0.1) is 5.92 Å². The first-order valence-corrected chi connectivity index (χ1v) is 7.90. The van der Waals surface area contributed by atoms with Crippen molar-refractivity contribution in [1.82, 2.24) is 10.6 Å². The number of aliphatic hydroxyl groups is 1. The van der Waals surface area contributed by atoms with Crippen molar-refractivity contribution in [3.05, 3.63) is 0 Å². The molecule has 0 radical (unpaired) electrons. The molecule has 1 saturated carbocycles. The number of hydrogen-bond donors (Lipinski definition) is 3. The van der Waals surface area contributed by atoms with Crippen molar-refractivity contribution in [1.29, 1.82) is 0 Å². The Morgan fingerprint density at radius 1 is 1.30 bits per heavy atom. The van der Waals surface area contributed by atoms with Gasteiger partial charge in [0.2, 0.25) is 5.91 Å². The number of β-amino-alcohol motifs (C(OH)–C–C–N with tert-alkyl or cyclic N) is 1. The fourth-order valence-corrected chi connectivity index (χ4v) is 3.31. The maximum Gasteiger partial charge on any atom is 0.237 e. The number of carbonyl (C=O) groups is 1. The van der Waals surface area contributed by atoms with E-state index in [4.69, 9.17) is 0 Å². The van der Waals surface area contributed by atoms with Crippen LogP contribution in [0.25, 0.3) is 0 Å². The molecular formula is C15H29ClN2O2. The lowest BCUT2D eigenvalue weighted by molar-refractivity contribution is -0.123. The third-order valence-corrected chi connectivity index (χ3v) is 4.58. The molecule has 2 atom stereocenters. The van der Waals surface area contributed by atoms with E-state index in [1.54, 1.807) is 0 Å². The number of aliphatic hydroxyl groups excluding tert-OH is 1. The molecule has 2 rings (SSSR count). The summed E-state index contributed by atoms with van der Waals surface area (Å²) < 4.78 is 0. The molecule has 1 saturated heterocycles. The Morgan fingerprint density at radius 2 is 2.00 bits per heavy atom. The molecule has 118 valence electrons. The molecule has 2 unspecified atom stereocenters. The molecule has 0 aromatic rings. The van der Waals surface area contributed by atoms with Gasteiger partial charge in [-0.1, -0.05) is 26.2 Å². The number of nitrogens with one attached hydrogen (secondary N) is 2. The quantitative estimate of drug-likeness (QED) is 0.728. The van der Waals surface area contributed by atoms with Crippen molar-refractivity contribution >= 4 is 18.3 Å². The van der Waals surface area contributed by atoms with Gasteiger partial charge in [0.15, 0.2) is 0 Å². The van der Waals surface area contributed by atoms with Crippen LogP contribution in [0.5, 0.6) is 0 Å². The predicted octanol–water partition coefficient (Wildman–Crippen LogP) is 2.00. The van der Waals surface area contributed by atoms with Crippen molar-refractivity contribution in [2.45, 2.75) is 76.5 Å². The molecule has 5 heteroatoms. The first kappa shape index (κ1) is 17.7. The summed E-state index contributed by atoms with van der Waals surface area (Å²) in [6.45, 7) is 2.79. The van der Waals surface area contributed by atoms with Crippen LogP contribution in [0.1, 0.15) is 58.3 Å². The van der Waals surface area contributed by atoms with Gasteiger partial charge in [0.1, 0.15) is 0 Å². The van der Waals surface area contributed by atoms with Gasteiger partial charge in [0, 0.05) is 12.6 Å². The maximum absolute atomic E-state index is 12.0. The van der Waals surface area contributed by atoms with E-state index >= 15 is 0 Å². The fourth-order valence-electron chi connectivity index (χ4n) is 3.31. The lowest BCUT2D eigenvalue weighted by atomic mass is 9.83. The second-order valence-electron chi connectivity index (χ2n) is 6.22. The average Bonchev–Trinajstić information content (AvgIpc) is 2.85. The molecule has 1 heterocycles. The molecule has 2 aliphatic rings. The van der Waals surface area contributed by atoms with Gasteiger partial charge in [-0.3, -0.25) is 4.79 Å². The number of rotatable bonds is 5. The second-order valence-corrected chi connectivity index (χ2v) is 6.22. The Morgan fingerprint density at radius 3 is 2.55 bits per heavy atom. The smallest absolute Gasteiger partial charge is 0.237 e. The lowest BCUT2D eigenvalue weighted by Crippen LogP contribution is -2.46. The maximum atomic E-state index is 12.0.